The van der Waals surface area contributed by atoms with Crippen molar-refractivity contribution in [2.24, 2.45) is 0 Å². The fourth-order valence-corrected chi connectivity index (χ4v) is 3.04. The maximum atomic E-state index is 12.3. The first-order valence-corrected chi connectivity index (χ1v) is 8.46. The molecule has 1 atom stereocenters. The molecule has 1 aromatic rings. The predicted octanol–water partition coefficient (Wildman–Crippen LogP) is 2.71. The number of likely N-dealkylation sites (N-methyl/N-ethyl adjacent to an activating group) is 1. The molecule has 1 aliphatic carbocycles. The zero-order valence-corrected chi connectivity index (χ0v) is 14.7. The van der Waals surface area contributed by atoms with E-state index in [2.05, 4.69) is 5.32 Å². The molecule has 2 N–H and O–H groups in total. The number of nitrogens with zero attached hydrogens (tertiary/aromatic N) is 1. The second kappa shape index (κ2) is 8.78. The quantitative estimate of drug-likeness (QED) is 0.838. The average molecular weight is 336 g/mol. The third-order valence-corrected chi connectivity index (χ3v) is 4.52. The van der Waals surface area contributed by atoms with E-state index in [-0.39, 0.29) is 18.6 Å². The van der Waals surface area contributed by atoms with Gasteiger partial charge in [0.2, 0.25) is 0 Å². The number of carbonyl (C=O) groups excluding carboxylic acids is 1. The highest BCUT2D eigenvalue weighted by Crippen LogP contribution is 2.30. The van der Waals surface area contributed by atoms with E-state index < -0.39 is 6.10 Å². The minimum atomic E-state index is -0.785. The van der Waals surface area contributed by atoms with Crippen molar-refractivity contribution < 1.29 is 19.4 Å². The van der Waals surface area contributed by atoms with Crippen LogP contribution in [0.15, 0.2) is 18.2 Å². The van der Waals surface area contributed by atoms with Crippen molar-refractivity contribution in [2.45, 2.75) is 44.2 Å². The van der Waals surface area contributed by atoms with Crippen molar-refractivity contribution in [2.75, 3.05) is 27.8 Å². The van der Waals surface area contributed by atoms with Gasteiger partial charge in [-0.3, -0.25) is 0 Å². The van der Waals surface area contributed by atoms with Crippen LogP contribution >= 0.6 is 0 Å². The van der Waals surface area contributed by atoms with Crippen LogP contribution in [0.4, 0.5) is 4.79 Å². The van der Waals surface area contributed by atoms with Gasteiger partial charge in [-0.1, -0.05) is 25.3 Å². The average Bonchev–Trinajstić information content (AvgIpc) is 2.61. The molecule has 1 fully saturated rings. The van der Waals surface area contributed by atoms with Crippen molar-refractivity contribution in [1.29, 1.82) is 0 Å². The van der Waals surface area contributed by atoms with Crippen molar-refractivity contribution >= 4 is 6.03 Å². The molecule has 0 aromatic heterocycles. The van der Waals surface area contributed by atoms with Crippen molar-refractivity contribution in [1.82, 2.24) is 10.2 Å². The number of nitrogens with one attached hydrogen (secondary N) is 1. The fourth-order valence-electron chi connectivity index (χ4n) is 3.04. The number of carbonyl (C=O) groups is 1. The summed E-state index contributed by atoms with van der Waals surface area (Å²) in [5, 5.41) is 13.5. The third-order valence-electron chi connectivity index (χ3n) is 4.52. The highest BCUT2D eigenvalue weighted by Gasteiger charge is 2.20. The summed E-state index contributed by atoms with van der Waals surface area (Å²) in [6, 6.07) is 5.38. The van der Waals surface area contributed by atoms with Crippen molar-refractivity contribution in [3.05, 3.63) is 23.8 Å². The summed E-state index contributed by atoms with van der Waals surface area (Å²) in [7, 11) is 4.82. The van der Waals surface area contributed by atoms with E-state index in [1.54, 1.807) is 39.5 Å². The number of ether oxygens (including phenoxy) is 2. The molecule has 1 aliphatic rings. The third kappa shape index (κ3) is 4.77. The fraction of sp³-hybridized carbons (Fsp3) is 0.611. The summed E-state index contributed by atoms with van der Waals surface area (Å²) in [4.78, 5) is 13.8. The molecular weight excluding hydrogens is 308 g/mol. The Balaban J connectivity index is 1.92. The van der Waals surface area contributed by atoms with E-state index in [9.17, 15) is 9.90 Å². The first-order chi connectivity index (χ1) is 11.5. The number of aliphatic hydroxyl groups is 1. The minimum Gasteiger partial charge on any atom is -0.493 e. The van der Waals surface area contributed by atoms with Crippen LogP contribution in [0.5, 0.6) is 11.5 Å². The zero-order valence-electron chi connectivity index (χ0n) is 14.7. The van der Waals surface area contributed by atoms with Gasteiger partial charge in [0.25, 0.3) is 0 Å². The van der Waals surface area contributed by atoms with Crippen molar-refractivity contribution in [3.8, 4) is 11.5 Å². The second-order valence-electron chi connectivity index (χ2n) is 6.30. The molecule has 2 amide bonds. The topological polar surface area (TPSA) is 71.0 Å². The summed E-state index contributed by atoms with van der Waals surface area (Å²) in [6.45, 7) is 0.216. The van der Waals surface area contributed by atoms with Gasteiger partial charge in [-0.05, 0) is 30.5 Å². The lowest BCUT2D eigenvalue weighted by Crippen LogP contribution is -2.45. The van der Waals surface area contributed by atoms with Gasteiger partial charge in [-0.2, -0.15) is 0 Å². The van der Waals surface area contributed by atoms with E-state index >= 15 is 0 Å². The van der Waals surface area contributed by atoms with Crippen LogP contribution in [0.25, 0.3) is 0 Å². The first kappa shape index (κ1) is 18.4. The maximum absolute atomic E-state index is 12.3. The maximum Gasteiger partial charge on any atom is 0.317 e. The van der Waals surface area contributed by atoms with Crippen LogP contribution in [0, 0.1) is 0 Å². The molecule has 24 heavy (non-hydrogen) atoms. The van der Waals surface area contributed by atoms with Crippen LogP contribution in [0.2, 0.25) is 0 Å². The molecule has 2 rings (SSSR count). The number of urea groups is 1. The number of amides is 2. The van der Waals surface area contributed by atoms with Gasteiger partial charge in [0, 0.05) is 13.1 Å². The molecule has 134 valence electrons. The molecule has 0 radical (unpaired) electrons. The monoisotopic (exact) mass is 336 g/mol. The molecule has 0 bridgehead atoms. The summed E-state index contributed by atoms with van der Waals surface area (Å²) < 4.78 is 10.4. The second-order valence-corrected chi connectivity index (χ2v) is 6.30. The normalized spacial score (nSPS) is 16.3. The Hall–Kier alpha value is -1.95. The SMILES string of the molecule is COc1ccc(C(O)CN(C)C(=O)NC2CCCCC2)cc1OC. The summed E-state index contributed by atoms with van der Waals surface area (Å²) in [5.41, 5.74) is 0.685. The van der Waals surface area contributed by atoms with Gasteiger partial charge < -0.3 is 24.8 Å². The highest BCUT2D eigenvalue weighted by molar-refractivity contribution is 5.74. The van der Waals surface area contributed by atoms with Crippen molar-refractivity contribution in [3.63, 3.8) is 0 Å². The Morgan fingerprint density at radius 2 is 1.92 bits per heavy atom. The van der Waals surface area contributed by atoms with Crippen LogP contribution < -0.4 is 14.8 Å². The van der Waals surface area contributed by atoms with Gasteiger partial charge in [-0.15, -0.1) is 0 Å². The molecular formula is C18H28N2O4. The molecule has 6 heteroatoms. The molecule has 1 unspecified atom stereocenters. The van der Waals surface area contributed by atoms with E-state index in [0.717, 1.165) is 12.8 Å². The number of methoxy groups -OCH3 is 2. The summed E-state index contributed by atoms with van der Waals surface area (Å²) in [6.07, 6.45) is 4.88. The Bertz CT molecular complexity index is 544. The lowest BCUT2D eigenvalue weighted by molar-refractivity contribution is 0.129. The first-order valence-electron chi connectivity index (χ1n) is 8.46. The molecule has 0 aliphatic heterocycles. The molecule has 1 saturated carbocycles. The molecule has 0 saturated heterocycles. The lowest BCUT2D eigenvalue weighted by Gasteiger charge is -2.27. The van der Waals surface area contributed by atoms with Gasteiger partial charge in [0.15, 0.2) is 11.5 Å². The smallest absolute Gasteiger partial charge is 0.317 e. The standard InChI is InChI=1S/C18H28N2O4/c1-20(18(22)19-14-7-5-4-6-8-14)12-15(21)13-9-10-16(23-2)17(11-13)24-3/h9-11,14-15,21H,4-8,12H2,1-3H3,(H,19,22). The van der Waals surface area contributed by atoms with Crippen LogP contribution in [-0.4, -0.2) is 49.9 Å². The van der Waals surface area contributed by atoms with Gasteiger partial charge in [0.1, 0.15) is 0 Å². The van der Waals surface area contributed by atoms with Gasteiger partial charge in [0.05, 0.1) is 26.9 Å². The van der Waals surface area contributed by atoms with Crippen LogP contribution in [0.3, 0.4) is 0 Å². The predicted molar refractivity (Wildman–Crippen MR) is 92.5 cm³/mol. The Morgan fingerprint density at radius 1 is 1.25 bits per heavy atom. The Morgan fingerprint density at radius 3 is 2.54 bits per heavy atom. The van der Waals surface area contributed by atoms with Gasteiger partial charge in [-0.25, -0.2) is 4.79 Å². The Labute approximate surface area is 143 Å². The molecule has 1 aromatic carbocycles. The van der Waals surface area contributed by atoms with E-state index in [1.165, 1.54) is 24.2 Å². The molecule has 0 spiro atoms. The van der Waals surface area contributed by atoms with E-state index in [0.29, 0.717) is 17.1 Å². The number of aliphatic hydroxyl groups excluding tert-OH is 1. The number of hydrogen-bond donors (Lipinski definition) is 2. The van der Waals surface area contributed by atoms with Gasteiger partial charge >= 0.3 is 6.03 Å². The van der Waals surface area contributed by atoms with E-state index in [4.69, 9.17) is 9.47 Å². The molecule has 0 heterocycles. The largest absolute Gasteiger partial charge is 0.493 e. The summed E-state index contributed by atoms with van der Waals surface area (Å²) >= 11 is 0. The van der Waals surface area contributed by atoms with Crippen LogP contribution in [-0.2, 0) is 0 Å². The number of hydrogen-bond acceptors (Lipinski definition) is 4. The van der Waals surface area contributed by atoms with E-state index in [1.807, 2.05) is 0 Å². The minimum absolute atomic E-state index is 0.138. The lowest BCUT2D eigenvalue weighted by atomic mass is 9.96. The molecule has 6 nitrogen and oxygen atoms in total. The number of benzene rings is 1. The highest BCUT2D eigenvalue weighted by atomic mass is 16.5. The Kier molecular flexibility index (Phi) is 6.73. The van der Waals surface area contributed by atoms with Crippen LogP contribution in [0.1, 0.15) is 43.8 Å². The summed E-state index contributed by atoms with van der Waals surface area (Å²) in [5.74, 6) is 1.17. The number of rotatable bonds is 6. The zero-order chi connectivity index (χ0) is 17.5.